The largest absolute Gasteiger partial charge is 0.508 e. The molecule has 30 heavy (non-hydrogen) atoms. The highest BCUT2D eigenvalue weighted by atomic mass is 79.9. The van der Waals surface area contributed by atoms with Crippen LogP contribution in [-0.2, 0) is 14.3 Å². The molecule has 0 bridgehead atoms. The first-order chi connectivity index (χ1) is 14.3. The highest BCUT2D eigenvalue weighted by Crippen LogP contribution is 2.36. The van der Waals surface area contributed by atoms with Crippen molar-refractivity contribution < 1.29 is 24.2 Å². The first-order valence-corrected chi connectivity index (χ1v) is 11.9. The third-order valence-electron chi connectivity index (χ3n) is 4.35. The Morgan fingerprint density at radius 1 is 1.23 bits per heavy atom. The van der Waals surface area contributed by atoms with Crippen LogP contribution in [0.1, 0.15) is 25.0 Å². The number of amides is 1. The summed E-state index contributed by atoms with van der Waals surface area (Å²) < 4.78 is 11.5. The van der Waals surface area contributed by atoms with Gasteiger partial charge >= 0.3 is 12.1 Å². The summed E-state index contributed by atoms with van der Waals surface area (Å²) in [5.74, 6) is -0.639. The number of benzene rings is 2. The summed E-state index contributed by atoms with van der Waals surface area (Å²) in [6.45, 7) is 2.02. The molecular weight excluding hydrogens is 490 g/mol. The Morgan fingerprint density at radius 3 is 2.57 bits per heavy atom. The van der Waals surface area contributed by atoms with E-state index < -0.39 is 18.2 Å². The Bertz CT molecular complexity index is 863. The Balaban J connectivity index is 2.14. The van der Waals surface area contributed by atoms with Crippen LogP contribution in [0.15, 0.2) is 51.8 Å². The number of carbonyl (C=O) groups is 2. The minimum atomic E-state index is -0.748. The Labute approximate surface area is 194 Å². The summed E-state index contributed by atoms with van der Waals surface area (Å²) in [7, 11) is 0. The molecule has 0 heterocycles. The van der Waals surface area contributed by atoms with Gasteiger partial charge in [0.25, 0.3) is 0 Å². The van der Waals surface area contributed by atoms with E-state index in [1.165, 1.54) is 6.07 Å². The van der Waals surface area contributed by atoms with Crippen LogP contribution in [0.25, 0.3) is 0 Å². The van der Waals surface area contributed by atoms with Crippen molar-refractivity contribution in [1.29, 1.82) is 0 Å². The fourth-order valence-corrected chi connectivity index (χ4v) is 3.61. The first kappa shape index (κ1) is 24.4. The quantitative estimate of drug-likeness (QED) is 0.227. The number of thioether (sulfide) groups is 1. The number of halogens is 1. The number of phenolic OH excluding ortho intramolecular Hbond substituents is 1. The van der Waals surface area contributed by atoms with Gasteiger partial charge in [0.05, 0.1) is 12.4 Å². The lowest BCUT2D eigenvalue weighted by Gasteiger charge is -2.25. The van der Waals surface area contributed by atoms with Crippen LogP contribution in [0.5, 0.6) is 5.75 Å². The van der Waals surface area contributed by atoms with Crippen LogP contribution in [0.4, 0.5) is 10.5 Å². The molecule has 1 amide bonds. The molecule has 0 radical (unpaired) electrons. The molecule has 2 N–H and O–H groups in total. The molecule has 6 nitrogen and oxygen atoms in total. The summed E-state index contributed by atoms with van der Waals surface area (Å²) in [5.41, 5.74) is 1.07. The summed E-state index contributed by atoms with van der Waals surface area (Å²) in [6.07, 6.45) is 1.02. The molecule has 2 aromatic rings. The maximum atomic E-state index is 12.6. The second kappa shape index (κ2) is 12.1. The van der Waals surface area contributed by atoms with Crippen LogP contribution >= 0.6 is 40.3 Å². The van der Waals surface area contributed by atoms with Gasteiger partial charge < -0.3 is 14.6 Å². The number of thiol groups is 1. The lowest BCUT2D eigenvalue weighted by molar-refractivity contribution is -0.141. The highest BCUT2D eigenvalue weighted by Gasteiger charge is 2.27. The molecule has 162 valence electrons. The van der Waals surface area contributed by atoms with E-state index >= 15 is 0 Å². The fraction of sp³-hybridized carbons (Fsp3) is 0.333. The van der Waals surface area contributed by atoms with Crippen molar-refractivity contribution in [3.8, 4) is 5.75 Å². The average Bonchev–Trinajstić information content (AvgIpc) is 2.74. The van der Waals surface area contributed by atoms with Gasteiger partial charge in [-0.3, -0.25) is 10.1 Å². The minimum Gasteiger partial charge on any atom is -0.508 e. The molecule has 0 fully saturated rings. The van der Waals surface area contributed by atoms with E-state index in [1.54, 1.807) is 36.0 Å². The Morgan fingerprint density at radius 2 is 1.93 bits per heavy atom. The normalized spacial score (nSPS) is 12.7. The van der Waals surface area contributed by atoms with Gasteiger partial charge in [-0.2, -0.15) is 12.6 Å². The predicted octanol–water partition coefficient (Wildman–Crippen LogP) is 5.67. The number of anilines is 1. The van der Waals surface area contributed by atoms with Crippen molar-refractivity contribution in [3.05, 3.63) is 52.5 Å². The Hall–Kier alpha value is -1.84. The molecule has 0 saturated carbocycles. The smallest absolute Gasteiger partial charge is 0.412 e. The zero-order chi connectivity index (χ0) is 22.1. The van der Waals surface area contributed by atoms with Crippen molar-refractivity contribution in [2.75, 3.05) is 23.9 Å². The molecule has 0 saturated heterocycles. The molecular formula is C21H24BrNO5S2. The molecule has 9 heteroatoms. The zero-order valence-electron chi connectivity index (χ0n) is 16.6. The fourth-order valence-electron chi connectivity index (χ4n) is 2.73. The van der Waals surface area contributed by atoms with Crippen molar-refractivity contribution in [2.24, 2.45) is 5.92 Å². The summed E-state index contributed by atoms with van der Waals surface area (Å²) >= 11 is 8.86. The van der Waals surface area contributed by atoms with Crippen molar-refractivity contribution in [3.63, 3.8) is 0 Å². The number of hydrogen-bond acceptors (Lipinski definition) is 7. The lowest BCUT2D eigenvalue weighted by Crippen LogP contribution is -2.23. The summed E-state index contributed by atoms with van der Waals surface area (Å²) in [4.78, 5) is 24.9. The second-order valence-corrected chi connectivity index (χ2v) is 8.64. The second-order valence-electron chi connectivity index (χ2n) is 6.53. The molecule has 0 spiro atoms. The SMILES string of the molecule is CSc1ccc(NC(=O)O[C@H](c2cc(Br)ccc2O)[C@@H](C)CCOC(=O)CS)cc1. The number of phenols is 1. The topological polar surface area (TPSA) is 84.9 Å². The van der Waals surface area contributed by atoms with Crippen molar-refractivity contribution >= 4 is 58.1 Å². The molecule has 2 atom stereocenters. The van der Waals surface area contributed by atoms with Crippen LogP contribution in [-0.4, -0.2) is 35.8 Å². The van der Waals surface area contributed by atoms with Crippen molar-refractivity contribution in [2.45, 2.75) is 24.3 Å². The lowest BCUT2D eigenvalue weighted by atomic mass is 9.94. The summed E-state index contributed by atoms with van der Waals surface area (Å²) in [5, 5.41) is 13.0. The van der Waals surface area contributed by atoms with Gasteiger partial charge in [0, 0.05) is 26.5 Å². The van der Waals surface area contributed by atoms with Gasteiger partial charge in [-0.05, 0) is 55.1 Å². The van der Waals surface area contributed by atoms with Gasteiger partial charge in [0.1, 0.15) is 11.9 Å². The average molecular weight is 514 g/mol. The van der Waals surface area contributed by atoms with Gasteiger partial charge in [0.15, 0.2) is 0 Å². The van der Waals surface area contributed by atoms with Crippen LogP contribution in [0.2, 0.25) is 0 Å². The molecule has 0 aliphatic carbocycles. The zero-order valence-corrected chi connectivity index (χ0v) is 19.9. The van der Waals surface area contributed by atoms with Crippen LogP contribution < -0.4 is 5.32 Å². The first-order valence-electron chi connectivity index (χ1n) is 9.20. The standard InChI is InChI=1S/C21H24BrNO5S2/c1-13(9-10-27-19(25)12-29)20(17-11-14(22)3-8-18(17)24)28-21(26)23-15-4-6-16(30-2)7-5-15/h3-8,11,13,20,24,29H,9-10,12H2,1-2H3,(H,23,26)/t13-,20-/m0/s1. The maximum Gasteiger partial charge on any atom is 0.412 e. The number of carbonyl (C=O) groups excluding carboxylic acids is 2. The van der Waals surface area contributed by atoms with Gasteiger partial charge in [-0.15, -0.1) is 11.8 Å². The van der Waals surface area contributed by atoms with E-state index in [9.17, 15) is 14.7 Å². The number of nitrogens with one attached hydrogen (secondary N) is 1. The third kappa shape index (κ3) is 7.45. The van der Waals surface area contributed by atoms with E-state index in [0.717, 1.165) is 9.37 Å². The van der Waals surface area contributed by atoms with E-state index in [4.69, 9.17) is 9.47 Å². The molecule has 0 unspecified atom stereocenters. The predicted molar refractivity (Wildman–Crippen MR) is 125 cm³/mol. The van der Waals surface area contributed by atoms with E-state index in [-0.39, 0.29) is 24.0 Å². The van der Waals surface area contributed by atoms with Crippen molar-refractivity contribution in [1.82, 2.24) is 0 Å². The monoisotopic (exact) mass is 513 g/mol. The van der Waals surface area contributed by atoms with Gasteiger partial charge in [0.2, 0.25) is 0 Å². The number of ether oxygens (including phenoxy) is 2. The Kier molecular flexibility index (Phi) is 9.87. The molecule has 0 aliphatic rings. The summed E-state index contributed by atoms with van der Waals surface area (Å²) in [6, 6.07) is 12.3. The minimum absolute atomic E-state index is 0.00152. The number of esters is 1. The van der Waals surface area contributed by atoms with E-state index in [0.29, 0.717) is 17.7 Å². The van der Waals surface area contributed by atoms with Crippen LogP contribution in [0.3, 0.4) is 0 Å². The molecule has 2 rings (SSSR count). The number of rotatable bonds is 9. The number of hydrogen-bond donors (Lipinski definition) is 3. The number of aromatic hydroxyl groups is 1. The van der Waals surface area contributed by atoms with Gasteiger partial charge in [-0.1, -0.05) is 22.9 Å². The molecule has 0 aromatic heterocycles. The van der Waals surface area contributed by atoms with E-state index in [2.05, 4.69) is 33.9 Å². The highest BCUT2D eigenvalue weighted by molar-refractivity contribution is 9.10. The molecule has 0 aliphatic heterocycles. The molecule has 2 aromatic carbocycles. The van der Waals surface area contributed by atoms with Crippen LogP contribution in [0, 0.1) is 5.92 Å². The van der Waals surface area contributed by atoms with E-state index in [1.807, 2.05) is 25.3 Å². The van der Waals surface area contributed by atoms with Gasteiger partial charge in [-0.25, -0.2) is 4.79 Å². The maximum absolute atomic E-state index is 12.6. The third-order valence-corrected chi connectivity index (χ3v) is 5.84.